The van der Waals surface area contributed by atoms with Crippen molar-refractivity contribution >= 4 is 11.6 Å². The topological polar surface area (TPSA) is 54.4 Å². The van der Waals surface area contributed by atoms with Crippen LogP contribution in [0.2, 0.25) is 0 Å². The fourth-order valence-corrected chi connectivity index (χ4v) is 4.25. The zero-order valence-electron chi connectivity index (χ0n) is 22.2. The Morgan fingerprint density at radius 1 is 0.743 bits per heavy atom. The maximum atomic E-state index is 13.1. The zero-order chi connectivity index (χ0) is 26.0. The summed E-state index contributed by atoms with van der Waals surface area (Å²) in [6.45, 7) is 14.8. The third-order valence-corrected chi connectivity index (χ3v) is 6.54. The van der Waals surface area contributed by atoms with Gasteiger partial charge in [0.05, 0.1) is 6.42 Å². The number of ketones is 2. The molecule has 0 unspecified atom stereocenters. The average Bonchev–Trinajstić information content (AvgIpc) is 2.77. The normalized spacial score (nSPS) is 12.0. The van der Waals surface area contributed by atoms with Crippen LogP contribution in [-0.2, 0) is 23.7 Å². The van der Waals surface area contributed by atoms with E-state index in [-0.39, 0.29) is 28.8 Å². The fraction of sp³-hybridized carbons (Fsp3) is 0.375. The molecule has 35 heavy (non-hydrogen) atoms. The number of carbonyl (C=O) groups is 2. The average molecular weight is 471 g/mol. The third-order valence-electron chi connectivity index (χ3n) is 6.54. The van der Waals surface area contributed by atoms with Crippen LogP contribution in [0.15, 0.2) is 60.7 Å². The van der Waals surface area contributed by atoms with Crippen molar-refractivity contribution in [3.05, 3.63) is 99.6 Å². The van der Waals surface area contributed by atoms with E-state index in [2.05, 4.69) is 53.7 Å². The number of Topliss-reactive ketones (excluding diaryl/α,β-unsaturated/α-hetero) is 2. The van der Waals surface area contributed by atoms with E-state index in [1.807, 2.05) is 37.3 Å². The summed E-state index contributed by atoms with van der Waals surface area (Å²) in [5.41, 5.74) is 5.88. The second-order valence-electron chi connectivity index (χ2n) is 11.6. The first-order chi connectivity index (χ1) is 16.3. The smallest absolute Gasteiger partial charge is 0.170 e. The van der Waals surface area contributed by atoms with Gasteiger partial charge >= 0.3 is 0 Å². The summed E-state index contributed by atoms with van der Waals surface area (Å²) in [7, 11) is 0. The summed E-state index contributed by atoms with van der Waals surface area (Å²) >= 11 is 0. The Kier molecular flexibility index (Phi) is 7.69. The van der Waals surface area contributed by atoms with Crippen LogP contribution in [0.25, 0.3) is 0 Å². The molecule has 0 spiro atoms. The van der Waals surface area contributed by atoms with Crippen molar-refractivity contribution in [1.82, 2.24) is 0 Å². The maximum Gasteiger partial charge on any atom is 0.170 e. The van der Waals surface area contributed by atoms with E-state index in [9.17, 15) is 14.7 Å². The van der Waals surface area contributed by atoms with E-state index in [0.29, 0.717) is 29.7 Å². The minimum absolute atomic E-state index is 0.0489. The molecule has 0 aliphatic rings. The van der Waals surface area contributed by atoms with Gasteiger partial charge in [0, 0.05) is 11.1 Å². The highest BCUT2D eigenvalue weighted by Crippen LogP contribution is 2.38. The fourth-order valence-electron chi connectivity index (χ4n) is 4.25. The molecule has 0 saturated carbocycles. The van der Waals surface area contributed by atoms with Crippen molar-refractivity contribution in [3.63, 3.8) is 0 Å². The van der Waals surface area contributed by atoms with Crippen molar-refractivity contribution < 1.29 is 14.7 Å². The summed E-state index contributed by atoms with van der Waals surface area (Å²) in [5, 5.41) is 11.1. The van der Waals surface area contributed by atoms with Gasteiger partial charge in [-0.2, -0.15) is 0 Å². The van der Waals surface area contributed by atoms with Crippen LogP contribution in [0.4, 0.5) is 0 Å². The standard InChI is InChI=1S/C32H38O3/c1-21-12-14-23(15-13-21)28(33)20-29(34)26-11-9-8-10-22(26)16-17-24-18-25(31(2,3)4)19-27(30(24)35)32(5,6)7/h8-15,18-19,35H,16-17,20H2,1-7H3. The van der Waals surface area contributed by atoms with Gasteiger partial charge in [-0.25, -0.2) is 0 Å². The number of carbonyl (C=O) groups excluding carboxylic acids is 2. The number of rotatable bonds is 7. The van der Waals surface area contributed by atoms with E-state index >= 15 is 0 Å². The molecule has 3 heteroatoms. The maximum absolute atomic E-state index is 13.1. The molecule has 0 saturated heterocycles. The van der Waals surface area contributed by atoms with Gasteiger partial charge in [-0.05, 0) is 52.8 Å². The highest BCUT2D eigenvalue weighted by molar-refractivity contribution is 6.14. The van der Waals surface area contributed by atoms with Gasteiger partial charge in [-0.15, -0.1) is 0 Å². The number of phenolic OH excluding ortho intramolecular Hbond substituents is 1. The number of benzene rings is 3. The van der Waals surface area contributed by atoms with E-state index in [0.717, 1.165) is 22.3 Å². The quantitative estimate of drug-likeness (QED) is 0.287. The lowest BCUT2D eigenvalue weighted by atomic mass is 9.78. The van der Waals surface area contributed by atoms with Crippen molar-refractivity contribution in [2.75, 3.05) is 0 Å². The predicted molar refractivity (Wildman–Crippen MR) is 144 cm³/mol. The lowest BCUT2D eigenvalue weighted by Gasteiger charge is -2.27. The molecular formula is C32H38O3. The molecule has 3 aromatic carbocycles. The minimum Gasteiger partial charge on any atom is -0.507 e. The molecule has 0 radical (unpaired) electrons. The Labute approximate surface area is 210 Å². The van der Waals surface area contributed by atoms with Crippen LogP contribution in [0, 0.1) is 6.92 Å². The first-order valence-electron chi connectivity index (χ1n) is 12.3. The van der Waals surface area contributed by atoms with Crippen LogP contribution >= 0.6 is 0 Å². The SMILES string of the molecule is Cc1ccc(C(=O)CC(=O)c2ccccc2CCc2cc(C(C)(C)C)cc(C(C)(C)C)c2O)cc1. The summed E-state index contributed by atoms with van der Waals surface area (Å²) in [6.07, 6.45) is 1.05. The minimum atomic E-state index is -0.190. The number of phenols is 1. The van der Waals surface area contributed by atoms with Crippen molar-refractivity contribution in [2.24, 2.45) is 0 Å². The molecule has 184 valence electrons. The lowest BCUT2D eigenvalue weighted by Crippen LogP contribution is -2.17. The van der Waals surface area contributed by atoms with Gasteiger partial charge in [0.25, 0.3) is 0 Å². The molecule has 3 rings (SSSR count). The highest BCUT2D eigenvalue weighted by Gasteiger charge is 2.25. The van der Waals surface area contributed by atoms with Crippen LogP contribution in [0.3, 0.4) is 0 Å². The summed E-state index contributed by atoms with van der Waals surface area (Å²) < 4.78 is 0. The van der Waals surface area contributed by atoms with Gasteiger partial charge in [-0.1, -0.05) is 108 Å². The van der Waals surface area contributed by atoms with Crippen molar-refractivity contribution in [3.8, 4) is 5.75 Å². The first kappa shape index (κ1) is 26.4. The molecular weight excluding hydrogens is 432 g/mol. The summed E-state index contributed by atoms with van der Waals surface area (Å²) in [4.78, 5) is 25.8. The summed E-state index contributed by atoms with van der Waals surface area (Å²) in [6, 6.07) is 19.0. The lowest BCUT2D eigenvalue weighted by molar-refractivity contribution is 0.0893. The van der Waals surface area contributed by atoms with Crippen molar-refractivity contribution in [1.29, 1.82) is 0 Å². The summed E-state index contributed by atoms with van der Waals surface area (Å²) in [5.74, 6) is -0.00628. The van der Waals surface area contributed by atoms with E-state index in [1.165, 1.54) is 5.56 Å². The molecule has 0 amide bonds. The van der Waals surface area contributed by atoms with Gasteiger partial charge in [0.1, 0.15) is 5.75 Å². The second kappa shape index (κ2) is 10.2. The molecule has 3 aromatic rings. The number of aryl methyl sites for hydroxylation is 3. The Morgan fingerprint density at radius 3 is 1.94 bits per heavy atom. The molecule has 0 bridgehead atoms. The van der Waals surface area contributed by atoms with Gasteiger partial charge in [0.2, 0.25) is 0 Å². The Morgan fingerprint density at radius 2 is 1.34 bits per heavy atom. The predicted octanol–water partition coefficient (Wildman–Crippen LogP) is 7.54. The largest absolute Gasteiger partial charge is 0.507 e. The van der Waals surface area contributed by atoms with Crippen LogP contribution in [0.5, 0.6) is 5.75 Å². The number of aromatic hydroxyl groups is 1. The van der Waals surface area contributed by atoms with Gasteiger partial charge in [0.15, 0.2) is 11.6 Å². The van der Waals surface area contributed by atoms with Gasteiger partial charge in [-0.3, -0.25) is 9.59 Å². The third kappa shape index (κ3) is 6.48. The van der Waals surface area contributed by atoms with Crippen LogP contribution < -0.4 is 0 Å². The Bertz CT molecular complexity index is 1220. The zero-order valence-corrected chi connectivity index (χ0v) is 22.2. The Balaban J connectivity index is 1.86. The number of hydrogen-bond acceptors (Lipinski definition) is 3. The van der Waals surface area contributed by atoms with E-state index in [4.69, 9.17) is 0 Å². The molecule has 0 atom stereocenters. The van der Waals surface area contributed by atoms with E-state index in [1.54, 1.807) is 18.2 Å². The Hall–Kier alpha value is -3.20. The van der Waals surface area contributed by atoms with Gasteiger partial charge < -0.3 is 5.11 Å². The highest BCUT2D eigenvalue weighted by atomic mass is 16.3. The monoisotopic (exact) mass is 470 g/mol. The molecule has 1 N–H and O–H groups in total. The van der Waals surface area contributed by atoms with E-state index < -0.39 is 0 Å². The first-order valence-corrected chi connectivity index (χ1v) is 12.3. The molecule has 0 aliphatic heterocycles. The molecule has 0 aliphatic carbocycles. The number of hydrogen-bond donors (Lipinski definition) is 1. The van der Waals surface area contributed by atoms with Crippen LogP contribution in [-0.4, -0.2) is 16.7 Å². The second-order valence-corrected chi connectivity index (χ2v) is 11.6. The molecule has 0 heterocycles. The molecule has 0 fully saturated rings. The van der Waals surface area contributed by atoms with Crippen LogP contribution in [0.1, 0.15) is 96.5 Å². The molecule has 0 aromatic heterocycles. The molecule has 3 nitrogen and oxygen atoms in total. The van der Waals surface area contributed by atoms with Crippen molar-refractivity contribution in [2.45, 2.75) is 78.6 Å².